The summed E-state index contributed by atoms with van der Waals surface area (Å²) in [5.41, 5.74) is 0.116. The minimum atomic E-state index is -4.20. The molecule has 130 valence electrons. The quantitative estimate of drug-likeness (QED) is 0.858. The zero-order chi connectivity index (χ0) is 17.3. The molecule has 0 saturated carbocycles. The number of aliphatic hydroxyl groups excluding tert-OH is 1. The fourth-order valence-electron chi connectivity index (χ4n) is 3.02. The predicted molar refractivity (Wildman–Crippen MR) is 79.5 cm³/mol. The van der Waals surface area contributed by atoms with Gasteiger partial charge in [-0.15, -0.1) is 0 Å². The lowest BCUT2D eigenvalue weighted by molar-refractivity contribution is -0.156. The molecule has 23 heavy (non-hydrogen) atoms. The van der Waals surface area contributed by atoms with Gasteiger partial charge in [0.1, 0.15) is 5.82 Å². The van der Waals surface area contributed by atoms with Crippen molar-refractivity contribution in [2.75, 3.05) is 32.7 Å². The normalized spacial score (nSPS) is 21.3. The molecular weight excluding hydrogens is 312 g/mol. The van der Waals surface area contributed by atoms with E-state index in [0.717, 1.165) is 0 Å². The summed E-state index contributed by atoms with van der Waals surface area (Å²) in [5.74, 6) is -0.373. The predicted octanol–water partition coefficient (Wildman–Crippen LogP) is 2.82. The average Bonchev–Trinajstić information content (AvgIpc) is 2.40. The number of halogens is 4. The Morgan fingerprint density at radius 1 is 1.17 bits per heavy atom. The van der Waals surface area contributed by atoms with Crippen LogP contribution in [-0.2, 0) is 0 Å². The Hall–Kier alpha value is -1.18. The van der Waals surface area contributed by atoms with Crippen molar-refractivity contribution in [1.29, 1.82) is 0 Å². The van der Waals surface area contributed by atoms with Crippen molar-refractivity contribution in [2.45, 2.75) is 31.7 Å². The highest BCUT2D eigenvalue weighted by atomic mass is 19.4. The molecule has 1 N–H and O–H groups in total. The molecule has 0 spiro atoms. The molecular formula is C16H22F4N2O. The fourth-order valence-corrected chi connectivity index (χ4v) is 3.02. The minimum absolute atomic E-state index is 0.280. The van der Waals surface area contributed by atoms with Gasteiger partial charge < -0.3 is 5.11 Å². The second-order valence-corrected chi connectivity index (χ2v) is 6.65. The summed E-state index contributed by atoms with van der Waals surface area (Å²) in [7, 11) is 0. The van der Waals surface area contributed by atoms with Gasteiger partial charge >= 0.3 is 6.18 Å². The SMILES string of the molecule is CC1(C)CN(CC(F)(F)F)CCN1CC(O)c1ccc(F)cc1. The molecule has 1 unspecified atom stereocenters. The molecule has 3 nitrogen and oxygen atoms in total. The zero-order valence-corrected chi connectivity index (χ0v) is 13.3. The Bertz CT molecular complexity index is 516. The number of rotatable bonds is 4. The third kappa shape index (κ3) is 5.16. The molecule has 1 fully saturated rings. The first-order valence-electron chi connectivity index (χ1n) is 7.54. The van der Waals surface area contributed by atoms with E-state index in [1.165, 1.54) is 29.2 Å². The van der Waals surface area contributed by atoms with Crippen molar-refractivity contribution < 1.29 is 22.7 Å². The van der Waals surface area contributed by atoms with Gasteiger partial charge in [0.2, 0.25) is 0 Å². The van der Waals surface area contributed by atoms with Crippen LogP contribution in [0.4, 0.5) is 17.6 Å². The number of alkyl halides is 3. The summed E-state index contributed by atoms with van der Waals surface area (Å²) in [4.78, 5) is 3.37. The van der Waals surface area contributed by atoms with Crippen LogP contribution in [0, 0.1) is 5.82 Å². The molecule has 0 radical (unpaired) electrons. The molecule has 1 aliphatic heterocycles. The van der Waals surface area contributed by atoms with Gasteiger partial charge in [-0.25, -0.2) is 4.39 Å². The maximum atomic E-state index is 12.9. The third-order valence-corrected chi connectivity index (χ3v) is 4.20. The van der Waals surface area contributed by atoms with E-state index in [4.69, 9.17) is 0 Å². The number of β-amino-alcohol motifs (C(OH)–C–C–N with tert-alkyl or cyclic N) is 1. The van der Waals surface area contributed by atoms with E-state index < -0.39 is 24.4 Å². The third-order valence-electron chi connectivity index (χ3n) is 4.20. The Labute approximate surface area is 133 Å². The summed E-state index contributed by atoms with van der Waals surface area (Å²) < 4.78 is 50.5. The molecule has 0 bridgehead atoms. The van der Waals surface area contributed by atoms with Crippen LogP contribution in [0.15, 0.2) is 24.3 Å². The number of piperazine rings is 1. The molecule has 0 aromatic heterocycles. The molecule has 1 atom stereocenters. The van der Waals surface area contributed by atoms with Gasteiger partial charge in [-0.2, -0.15) is 13.2 Å². The number of aliphatic hydroxyl groups is 1. The number of hydrogen-bond donors (Lipinski definition) is 1. The molecule has 1 aromatic rings. The van der Waals surface area contributed by atoms with Crippen LogP contribution in [0.5, 0.6) is 0 Å². The molecule has 1 aliphatic rings. The summed E-state index contributed by atoms with van der Waals surface area (Å²) in [5, 5.41) is 10.3. The Morgan fingerprint density at radius 3 is 2.30 bits per heavy atom. The van der Waals surface area contributed by atoms with Crippen LogP contribution in [0.25, 0.3) is 0 Å². The second kappa shape index (κ2) is 6.75. The van der Waals surface area contributed by atoms with Crippen LogP contribution in [-0.4, -0.2) is 59.3 Å². The lowest BCUT2D eigenvalue weighted by atomic mass is 9.97. The smallest absolute Gasteiger partial charge is 0.387 e. The zero-order valence-electron chi connectivity index (χ0n) is 13.3. The maximum Gasteiger partial charge on any atom is 0.401 e. The van der Waals surface area contributed by atoms with Crippen molar-refractivity contribution in [1.82, 2.24) is 9.80 Å². The number of nitrogens with zero attached hydrogens (tertiary/aromatic N) is 2. The van der Waals surface area contributed by atoms with Crippen molar-refractivity contribution in [3.05, 3.63) is 35.6 Å². The van der Waals surface area contributed by atoms with Gasteiger partial charge in [0.15, 0.2) is 0 Å². The van der Waals surface area contributed by atoms with E-state index >= 15 is 0 Å². The van der Waals surface area contributed by atoms with E-state index in [9.17, 15) is 22.7 Å². The topological polar surface area (TPSA) is 26.7 Å². The Balaban J connectivity index is 1.97. The second-order valence-electron chi connectivity index (χ2n) is 6.65. The summed E-state index contributed by atoms with van der Waals surface area (Å²) in [6, 6.07) is 5.61. The van der Waals surface area contributed by atoms with E-state index in [0.29, 0.717) is 25.2 Å². The van der Waals surface area contributed by atoms with E-state index in [-0.39, 0.29) is 12.4 Å². The lowest BCUT2D eigenvalue weighted by Gasteiger charge is -2.48. The summed E-state index contributed by atoms with van der Waals surface area (Å²) in [6.07, 6.45) is -5.00. The first-order chi connectivity index (χ1) is 10.6. The van der Waals surface area contributed by atoms with Crippen LogP contribution in [0.2, 0.25) is 0 Å². The highest BCUT2D eigenvalue weighted by molar-refractivity contribution is 5.19. The van der Waals surface area contributed by atoms with E-state index in [1.54, 1.807) is 0 Å². The van der Waals surface area contributed by atoms with Crippen molar-refractivity contribution in [3.63, 3.8) is 0 Å². The largest absolute Gasteiger partial charge is 0.401 e. The Kier molecular flexibility index (Phi) is 5.33. The molecule has 0 aliphatic carbocycles. The van der Waals surface area contributed by atoms with Crippen molar-refractivity contribution in [3.8, 4) is 0 Å². The van der Waals surface area contributed by atoms with Gasteiger partial charge in [-0.3, -0.25) is 9.80 Å². The van der Waals surface area contributed by atoms with E-state index in [1.807, 2.05) is 18.7 Å². The van der Waals surface area contributed by atoms with Crippen LogP contribution in [0.1, 0.15) is 25.5 Å². The van der Waals surface area contributed by atoms with Crippen LogP contribution >= 0.6 is 0 Å². The van der Waals surface area contributed by atoms with E-state index in [2.05, 4.69) is 0 Å². The highest BCUT2D eigenvalue weighted by Crippen LogP contribution is 2.27. The number of benzene rings is 1. The average molecular weight is 334 g/mol. The molecule has 0 amide bonds. The molecule has 7 heteroatoms. The summed E-state index contributed by atoms with van der Waals surface area (Å²) in [6.45, 7) is 4.16. The molecule has 1 saturated heterocycles. The van der Waals surface area contributed by atoms with Crippen molar-refractivity contribution in [2.24, 2.45) is 0 Å². The molecule has 1 aromatic carbocycles. The maximum absolute atomic E-state index is 12.9. The molecule has 2 rings (SSSR count). The first kappa shape index (κ1) is 18.2. The molecule has 1 heterocycles. The van der Waals surface area contributed by atoms with Crippen LogP contribution in [0.3, 0.4) is 0 Å². The first-order valence-corrected chi connectivity index (χ1v) is 7.54. The minimum Gasteiger partial charge on any atom is -0.387 e. The monoisotopic (exact) mass is 334 g/mol. The highest BCUT2D eigenvalue weighted by Gasteiger charge is 2.39. The fraction of sp³-hybridized carbons (Fsp3) is 0.625. The Morgan fingerprint density at radius 2 is 1.78 bits per heavy atom. The standard InChI is InChI=1S/C16H22F4N2O/c1-15(2)10-21(11-16(18,19)20)7-8-22(15)9-14(23)12-3-5-13(17)6-4-12/h3-6,14,23H,7-11H2,1-2H3. The van der Waals surface area contributed by atoms with Crippen LogP contribution < -0.4 is 0 Å². The lowest BCUT2D eigenvalue weighted by Crippen LogP contribution is -2.61. The van der Waals surface area contributed by atoms with Gasteiger partial charge in [-0.05, 0) is 31.5 Å². The van der Waals surface area contributed by atoms with Gasteiger partial charge in [0, 0.05) is 31.7 Å². The van der Waals surface area contributed by atoms with Gasteiger partial charge in [0.25, 0.3) is 0 Å². The van der Waals surface area contributed by atoms with Gasteiger partial charge in [-0.1, -0.05) is 12.1 Å². The summed E-state index contributed by atoms with van der Waals surface area (Å²) >= 11 is 0. The van der Waals surface area contributed by atoms with Crippen molar-refractivity contribution >= 4 is 0 Å². The van der Waals surface area contributed by atoms with Gasteiger partial charge in [0.05, 0.1) is 12.6 Å². The number of hydrogen-bond acceptors (Lipinski definition) is 3.